The predicted octanol–water partition coefficient (Wildman–Crippen LogP) is 2.92. The summed E-state index contributed by atoms with van der Waals surface area (Å²) in [6.45, 7) is 8.01. The third kappa shape index (κ3) is 4.94. The summed E-state index contributed by atoms with van der Waals surface area (Å²) in [7, 11) is 0. The summed E-state index contributed by atoms with van der Waals surface area (Å²) in [5.41, 5.74) is 0. The average molecular weight is 294 g/mol. The first-order chi connectivity index (χ1) is 9.63. The predicted molar refractivity (Wildman–Crippen MR) is 82.0 cm³/mol. The highest BCUT2D eigenvalue weighted by Gasteiger charge is 2.10. The summed E-state index contributed by atoms with van der Waals surface area (Å²) < 4.78 is 5.56. The van der Waals surface area contributed by atoms with Gasteiger partial charge in [-0.25, -0.2) is 0 Å². The highest BCUT2D eigenvalue weighted by atomic mass is 32.1. The molecule has 0 saturated heterocycles. The number of nitrogens with one attached hydrogen (secondary N) is 2. The van der Waals surface area contributed by atoms with E-state index in [1.807, 2.05) is 0 Å². The van der Waals surface area contributed by atoms with Crippen LogP contribution in [0.25, 0.3) is 0 Å². The van der Waals surface area contributed by atoms with Gasteiger partial charge in [0, 0.05) is 17.3 Å². The average Bonchev–Trinajstić information content (AvgIpc) is 3.01. The summed E-state index contributed by atoms with van der Waals surface area (Å²) in [6, 6.07) is 4.97. The van der Waals surface area contributed by atoms with E-state index in [-0.39, 0.29) is 6.04 Å². The lowest BCUT2D eigenvalue weighted by Crippen LogP contribution is -2.19. The Morgan fingerprint density at radius 3 is 2.85 bits per heavy atom. The van der Waals surface area contributed by atoms with E-state index in [0.29, 0.717) is 24.4 Å². The quantitative estimate of drug-likeness (QED) is 0.784. The molecule has 0 aliphatic rings. The van der Waals surface area contributed by atoms with Gasteiger partial charge >= 0.3 is 6.01 Å². The molecule has 2 aromatic rings. The van der Waals surface area contributed by atoms with Gasteiger partial charge in [0.15, 0.2) is 0 Å². The second-order valence-electron chi connectivity index (χ2n) is 5.35. The molecule has 2 rings (SSSR count). The van der Waals surface area contributed by atoms with E-state index in [1.165, 1.54) is 4.88 Å². The minimum Gasteiger partial charge on any atom is -0.407 e. The van der Waals surface area contributed by atoms with E-state index in [1.54, 1.807) is 11.3 Å². The molecule has 0 amide bonds. The number of thiophene rings is 1. The molecule has 0 aliphatic carbocycles. The molecule has 2 aromatic heterocycles. The van der Waals surface area contributed by atoms with Crippen molar-refractivity contribution < 1.29 is 4.42 Å². The van der Waals surface area contributed by atoms with Crippen LogP contribution < -0.4 is 10.6 Å². The summed E-state index contributed by atoms with van der Waals surface area (Å²) in [4.78, 5) is 1.35. The Morgan fingerprint density at radius 2 is 2.15 bits per heavy atom. The van der Waals surface area contributed by atoms with Crippen molar-refractivity contribution in [1.82, 2.24) is 15.5 Å². The molecule has 1 atom stereocenters. The topological polar surface area (TPSA) is 63.0 Å². The zero-order valence-electron chi connectivity index (χ0n) is 12.2. The fourth-order valence-electron chi connectivity index (χ4n) is 1.84. The molecule has 0 aromatic carbocycles. The molecule has 6 heteroatoms. The molecule has 0 saturated carbocycles. The Labute approximate surface area is 123 Å². The molecule has 0 bridgehead atoms. The van der Waals surface area contributed by atoms with E-state index in [2.05, 4.69) is 59.1 Å². The minimum atomic E-state index is 0.269. The molecule has 0 spiro atoms. The van der Waals surface area contributed by atoms with Crippen molar-refractivity contribution >= 4 is 17.4 Å². The molecule has 0 radical (unpaired) electrons. The molecule has 5 nitrogen and oxygen atoms in total. The number of rotatable bonds is 8. The van der Waals surface area contributed by atoms with Crippen LogP contribution in [0.5, 0.6) is 0 Å². The first-order valence-corrected chi connectivity index (χ1v) is 7.83. The third-order valence-electron chi connectivity index (χ3n) is 2.75. The highest BCUT2D eigenvalue weighted by molar-refractivity contribution is 7.09. The Bertz CT molecular complexity index is 495. The van der Waals surface area contributed by atoms with Crippen molar-refractivity contribution in [2.24, 2.45) is 5.92 Å². The van der Waals surface area contributed by atoms with Crippen LogP contribution >= 0.6 is 11.3 Å². The number of anilines is 1. The van der Waals surface area contributed by atoms with Crippen LogP contribution in [0.15, 0.2) is 21.9 Å². The molecule has 0 aliphatic heterocycles. The van der Waals surface area contributed by atoms with Crippen LogP contribution in [0.3, 0.4) is 0 Å². The van der Waals surface area contributed by atoms with Gasteiger partial charge < -0.3 is 15.1 Å². The Morgan fingerprint density at radius 1 is 1.30 bits per heavy atom. The smallest absolute Gasteiger partial charge is 0.315 e. The second kappa shape index (κ2) is 7.40. The lowest BCUT2D eigenvalue weighted by Gasteiger charge is -2.09. The van der Waals surface area contributed by atoms with Gasteiger partial charge in [-0.15, -0.1) is 16.4 Å². The second-order valence-corrected chi connectivity index (χ2v) is 6.39. The van der Waals surface area contributed by atoms with Crippen LogP contribution in [0.1, 0.15) is 31.5 Å². The molecular weight excluding hydrogens is 272 g/mol. The van der Waals surface area contributed by atoms with Gasteiger partial charge in [0.25, 0.3) is 0 Å². The van der Waals surface area contributed by atoms with Crippen LogP contribution in [-0.2, 0) is 13.0 Å². The fraction of sp³-hybridized carbons (Fsp3) is 0.571. The van der Waals surface area contributed by atoms with Gasteiger partial charge in [-0.1, -0.05) is 25.0 Å². The van der Waals surface area contributed by atoms with Gasteiger partial charge in [0.2, 0.25) is 5.89 Å². The zero-order chi connectivity index (χ0) is 14.4. The van der Waals surface area contributed by atoms with Crippen LogP contribution in [0, 0.1) is 5.92 Å². The number of hydrogen-bond acceptors (Lipinski definition) is 6. The molecule has 0 fully saturated rings. The van der Waals surface area contributed by atoms with E-state index < -0.39 is 0 Å². The number of nitrogens with zero attached hydrogens (tertiary/aromatic N) is 2. The van der Waals surface area contributed by atoms with Crippen molar-refractivity contribution in [2.45, 2.75) is 39.8 Å². The molecule has 2 N–H and O–H groups in total. The maximum Gasteiger partial charge on any atom is 0.315 e. The maximum atomic E-state index is 5.56. The standard InChI is InChI=1S/C14H22N4OS/c1-10(2)8-15-9-13-17-18-14(19-13)16-11(3)7-12-5-4-6-20-12/h4-6,10-11,15H,7-9H2,1-3H3,(H,16,18). The largest absolute Gasteiger partial charge is 0.407 e. The summed E-state index contributed by atoms with van der Waals surface area (Å²) in [5.74, 6) is 1.23. The van der Waals surface area contributed by atoms with Crippen LogP contribution in [-0.4, -0.2) is 22.8 Å². The van der Waals surface area contributed by atoms with E-state index >= 15 is 0 Å². The fourth-order valence-corrected chi connectivity index (χ4v) is 2.68. The molecule has 1 unspecified atom stereocenters. The van der Waals surface area contributed by atoms with E-state index in [0.717, 1.165) is 13.0 Å². The number of aromatic nitrogens is 2. The van der Waals surface area contributed by atoms with E-state index in [4.69, 9.17) is 4.42 Å². The monoisotopic (exact) mass is 294 g/mol. The number of hydrogen-bond donors (Lipinski definition) is 2. The van der Waals surface area contributed by atoms with Crippen molar-refractivity contribution in [3.05, 3.63) is 28.3 Å². The SMILES string of the molecule is CC(C)CNCc1nnc(NC(C)Cc2cccs2)o1. The molecule has 20 heavy (non-hydrogen) atoms. The van der Waals surface area contributed by atoms with Crippen molar-refractivity contribution in [1.29, 1.82) is 0 Å². The molecule has 110 valence electrons. The van der Waals surface area contributed by atoms with Crippen molar-refractivity contribution in [2.75, 3.05) is 11.9 Å². The Kier molecular flexibility index (Phi) is 5.55. The summed E-state index contributed by atoms with van der Waals surface area (Å²) in [6.07, 6.45) is 0.959. The van der Waals surface area contributed by atoms with Gasteiger partial charge in [0.1, 0.15) is 0 Å². The maximum absolute atomic E-state index is 5.56. The minimum absolute atomic E-state index is 0.269. The first kappa shape index (κ1) is 15.0. The Hall–Kier alpha value is -1.40. The zero-order valence-corrected chi connectivity index (χ0v) is 13.0. The van der Waals surface area contributed by atoms with Gasteiger partial charge in [-0.3, -0.25) is 0 Å². The van der Waals surface area contributed by atoms with Crippen molar-refractivity contribution in [3.8, 4) is 0 Å². The van der Waals surface area contributed by atoms with Gasteiger partial charge in [0.05, 0.1) is 6.54 Å². The van der Waals surface area contributed by atoms with Crippen LogP contribution in [0.4, 0.5) is 6.01 Å². The first-order valence-electron chi connectivity index (χ1n) is 6.95. The summed E-state index contributed by atoms with van der Waals surface area (Å²) in [5, 5.41) is 16.7. The Balaban J connectivity index is 1.77. The van der Waals surface area contributed by atoms with E-state index in [9.17, 15) is 0 Å². The lowest BCUT2D eigenvalue weighted by molar-refractivity contribution is 0.456. The lowest BCUT2D eigenvalue weighted by atomic mass is 10.2. The molecule has 2 heterocycles. The molecular formula is C14H22N4OS. The van der Waals surface area contributed by atoms with Crippen LogP contribution in [0.2, 0.25) is 0 Å². The van der Waals surface area contributed by atoms with Crippen molar-refractivity contribution in [3.63, 3.8) is 0 Å². The normalized spacial score (nSPS) is 12.8. The van der Waals surface area contributed by atoms with Gasteiger partial charge in [-0.05, 0) is 30.8 Å². The third-order valence-corrected chi connectivity index (χ3v) is 3.65. The van der Waals surface area contributed by atoms with Gasteiger partial charge in [-0.2, -0.15) is 0 Å². The highest BCUT2D eigenvalue weighted by Crippen LogP contribution is 2.14. The summed E-state index contributed by atoms with van der Waals surface area (Å²) >= 11 is 1.76.